The number of hydrogen-bond acceptors (Lipinski definition) is 0. The zero-order valence-corrected chi connectivity index (χ0v) is 4.72. The first-order valence-corrected chi connectivity index (χ1v) is 2.11. The third-order valence-electron chi connectivity index (χ3n) is 0.301. The van der Waals surface area contributed by atoms with Gasteiger partial charge in [-0.05, 0) is 0 Å². The van der Waals surface area contributed by atoms with Crippen LogP contribution in [0.15, 0.2) is 0 Å². The Labute approximate surface area is 53.9 Å². The zero-order valence-electron chi connectivity index (χ0n) is 3.91. The third kappa shape index (κ3) is 4.81. The normalized spacial score (nSPS) is 3.25. The number of hydrogen-bond donors (Lipinski definition) is 0. The van der Waals surface area contributed by atoms with Crippen LogP contribution in [0.2, 0.25) is 0 Å². The molecule has 0 rings (SSSR count). The van der Waals surface area contributed by atoms with Gasteiger partial charge in [0.2, 0.25) is 0 Å². The second kappa shape index (κ2) is 5.81. The van der Waals surface area contributed by atoms with Gasteiger partial charge in [0.1, 0.15) is 0 Å². The van der Waals surface area contributed by atoms with E-state index >= 15 is 0 Å². The standard InChI is InChI=1S/C7S/c1-2-3-4-5-6-7-8. The minimum atomic E-state index is 1.85. The summed E-state index contributed by atoms with van der Waals surface area (Å²) in [5, 5.41) is 2.16. The minimum absolute atomic E-state index is 1.85. The topological polar surface area (TPSA) is 0 Å². The predicted octanol–water partition coefficient (Wildman–Crippen LogP) is 0.0891. The summed E-state index contributed by atoms with van der Waals surface area (Å²) in [6.45, 7) is 0. The van der Waals surface area contributed by atoms with Gasteiger partial charge in [-0.25, -0.2) is 0 Å². The molecule has 0 radical (unpaired) electrons. The molecule has 0 N–H and O–H groups in total. The Bertz CT molecular complexity index is 221. The van der Waals surface area contributed by atoms with Crippen LogP contribution in [0, 0.1) is 41.2 Å². The van der Waals surface area contributed by atoms with Crippen molar-refractivity contribution in [3.8, 4) is 34.8 Å². The average molecular weight is 116 g/mol. The van der Waals surface area contributed by atoms with Gasteiger partial charge in [-0.3, -0.25) is 0 Å². The summed E-state index contributed by atoms with van der Waals surface area (Å²) >= 11 is 4.24. The van der Waals surface area contributed by atoms with Crippen molar-refractivity contribution >= 4 is 12.0 Å². The van der Waals surface area contributed by atoms with Gasteiger partial charge >= 0.3 is 53.2 Å². The summed E-state index contributed by atoms with van der Waals surface area (Å²) in [7, 11) is 0. The monoisotopic (exact) mass is 116 g/mol. The van der Waals surface area contributed by atoms with Gasteiger partial charge in [0.05, 0.1) is 0 Å². The van der Waals surface area contributed by atoms with Crippen LogP contribution in [0.4, 0.5) is 0 Å². The second-order valence-electron chi connectivity index (χ2n) is 0.727. The van der Waals surface area contributed by atoms with Crippen LogP contribution < -0.4 is 0 Å². The van der Waals surface area contributed by atoms with Crippen molar-refractivity contribution in [2.24, 2.45) is 0 Å². The van der Waals surface area contributed by atoms with E-state index in [-0.39, 0.29) is 0 Å². The van der Waals surface area contributed by atoms with Crippen molar-refractivity contribution in [1.82, 2.24) is 0 Å². The molecule has 0 amide bonds. The van der Waals surface area contributed by atoms with E-state index in [2.05, 4.69) is 40.9 Å². The van der Waals surface area contributed by atoms with Crippen molar-refractivity contribution in [3.05, 3.63) is 6.42 Å². The Hall–Kier alpha value is -1.19. The molecule has 0 aromatic carbocycles. The fourth-order valence-electron chi connectivity index (χ4n) is 0.119. The molecule has 0 saturated carbocycles. The van der Waals surface area contributed by atoms with E-state index < -0.39 is 0 Å². The first kappa shape index (κ1) is 6.81. The van der Waals surface area contributed by atoms with E-state index in [9.17, 15) is 0 Å². The van der Waals surface area contributed by atoms with Gasteiger partial charge < -0.3 is 0 Å². The van der Waals surface area contributed by atoms with Gasteiger partial charge in [0.25, 0.3) is 0 Å². The van der Waals surface area contributed by atoms with E-state index in [0.717, 1.165) is 0 Å². The van der Waals surface area contributed by atoms with Crippen molar-refractivity contribution in [2.75, 3.05) is 0 Å². The molecule has 34 valence electrons. The second-order valence-corrected chi connectivity index (χ2v) is 0.931. The molecule has 0 saturated heterocycles. The van der Waals surface area contributed by atoms with Crippen molar-refractivity contribution in [1.29, 1.82) is 0 Å². The SMILES string of the molecule is [C-]#CC#CC#CC#[S+]. The maximum absolute atomic E-state index is 6.30. The molecule has 0 aliphatic heterocycles. The van der Waals surface area contributed by atoms with Crippen LogP contribution in [0.25, 0.3) is 0 Å². The Morgan fingerprint density at radius 3 is 2.12 bits per heavy atom. The molecule has 0 atom stereocenters. The molecule has 0 aromatic rings. The van der Waals surface area contributed by atoms with Crippen molar-refractivity contribution in [2.45, 2.75) is 0 Å². The third-order valence-corrected chi connectivity index (χ3v) is 0.403. The summed E-state index contributed by atoms with van der Waals surface area (Å²) in [6.07, 6.45) is 6.30. The number of rotatable bonds is 0. The molecule has 0 heterocycles. The molecule has 0 spiro atoms. The quantitative estimate of drug-likeness (QED) is 0.239. The Kier molecular flexibility index (Phi) is 4.95. The van der Waals surface area contributed by atoms with Crippen LogP contribution in [0.3, 0.4) is 0 Å². The molecule has 0 unspecified atom stereocenters. The van der Waals surface area contributed by atoms with Crippen LogP contribution in [-0.2, 0) is 12.0 Å². The van der Waals surface area contributed by atoms with Gasteiger partial charge in [-0.1, -0.05) is 0 Å². The fraction of sp³-hybridized carbons (Fsp3) is 0. The van der Waals surface area contributed by atoms with E-state index in [1.54, 1.807) is 0 Å². The molecule has 8 heavy (non-hydrogen) atoms. The molecule has 1 heteroatoms. The first-order valence-electron chi connectivity index (χ1n) is 1.70. The molecule has 0 nitrogen and oxygen atoms in total. The molecule has 0 fully saturated rings. The summed E-state index contributed by atoms with van der Waals surface area (Å²) in [4.78, 5) is 0. The van der Waals surface area contributed by atoms with Crippen LogP contribution in [0.1, 0.15) is 0 Å². The molecule has 0 aromatic heterocycles. The fourth-order valence-corrected chi connectivity index (χ4v) is 0.170. The van der Waals surface area contributed by atoms with Gasteiger partial charge in [0, 0.05) is 0 Å². The molecular weight excluding hydrogens is 116 g/mol. The first-order chi connectivity index (χ1) is 3.91. The predicted molar refractivity (Wildman–Crippen MR) is 33.9 cm³/mol. The van der Waals surface area contributed by atoms with Crippen LogP contribution in [-0.4, -0.2) is 0 Å². The van der Waals surface area contributed by atoms with E-state index in [0.29, 0.717) is 0 Å². The zero-order chi connectivity index (χ0) is 6.24. The summed E-state index contributed by atoms with van der Waals surface area (Å²) in [5.41, 5.74) is 0. The summed E-state index contributed by atoms with van der Waals surface area (Å²) < 4.78 is 0. The van der Waals surface area contributed by atoms with E-state index in [4.69, 9.17) is 6.42 Å². The molecular formula is C7S. The van der Waals surface area contributed by atoms with Gasteiger partial charge in [-0.2, -0.15) is 0 Å². The Morgan fingerprint density at radius 2 is 1.62 bits per heavy atom. The maximum atomic E-state index is 6.30. The summed E-state index contributed by atoms with van der Waals surface area (Å²) in [6, 6.07) is 0. The van der Waals surface area contributed by atoms with Gasteiger partial charge in [-0.15, -0.1) is 0 Å². The Balaban J connectivity index is 3.85. The van der Waals surface area contributed by atoms with Crippen molar-refractivity contribution in [3.63, 3.8) is 0 Å². The van der Waals surface area contributed by atoms with E-state index in [1.807, 2.05) is 5.92 Å². The van der Waals surface area contributed by atoms with Crippen molar-refractivity contribution < 1.29 is 0 Å². The molecule has 0 aliphatic rings. The van der Waals surface area contributed by atoms with Crippen LogP contribution in [0.5, 0.6) is 0 Å². The summed E-state index contributed by atoms with van der Waals surface area (Å²) in [5.74, 6) is 11.0. The van der Waals surface area contributed by atoms with Gasteiger partial charge in [0.15, 0.2) is 0 Å². The average Bonchev–Trinajstić information content (AvgIpc) is 1.81. The van der Waals surface area contributed by atoms with E-state index in [1.165, 1.54) is 0 Å². The Morgan fingerprint density at radius 1 is 1.00 bits per heavy atom. The molecule has 0 aliphatic carbocycles. The van der Waals surface area contributed by atoms with Crippen LogP contribution >= 0.6 is 0 Å². The molecule has 0 bridgehead atoms.